The van der Waals surface area contributed by atoms with Gasteiger partial charge in [0.15, 0.2) is 0 Å². The fourth-order valence-corrected chi connectivity index (χ4v) is 0.947. The molecule has 2 rings (SSSR count). The second-order valence-corrected chi connectivity index (χ2v) is 2.19. The largest absolute Gasteiger partial charge is 0.288 e. The minimum atomic E-state index is 0.764. The third kappa shape index (κ3) is 1.44. The van der Waals surface area contributed by atoms with E-state index < -0.39 is 0 Å². The molecule has 0 N–H and O–H groups in total. The molecular formula is C9H13N3. The molecule has 0 aliphatic carbocycles. The number of fused-ring (bicyclic) bond motifs is 1. The van der Waals surface area contributed by atoms with Crippen molar-refractivity contribution in [2.45, 2.75) is 20.8 Å². The van der Waals surface area contributed by atoms with E-state index in [2.05, 4.69) is 9.97 Å². The highest BCUT2D eigenvalue weighted by molar-refractivity contribution is 5.29. The van der Waals surface area contributed by atoms with Crippen molar-refractivity contribution < 1.29 is 0 Å². The molecule has 0 saturated carbocycles. The molecule has 12 heavy (non-hydrogen) atoms. The molecule has 0 radical (unpaired) electrons. The molecule has 0 aliphatic rings. The summed E-state index contributed by atoms with van der Waals surface area (Å²) in [7, 11) is 0. The molecule has 0 unspecified atom stereocenters. The number of hydrogen-bond donors (Lipinski definition) is 0. The molecule has 0 spiro atoms. The molecule has 2 aromatic heterocycles. The molecule has 64 valence electrons. The van der Waals surface area contributed by atoms with Crippen LogP contribution in [0.3, 0.4) is 0 Å². The van der Waals surface area contributed by atoms with Gasteiger partial charge in [-0.15, -0.1) is 0 Å². The predicted octanol–water partition coefficient (Wildman–Crippen LogP) is 2.06. The van der Waals surface area contributed by atoms with Crippen molar-refractivity contribution in [3.8, 4) is 0 Å². The number of imidazole rings is 1. The van der Waals surface area contributed by atoms with E-state index in [0.717, 1.165) is 11.5 Å². The fraction of sp³-hybridized carbons (Fsp3) is 0.333. The van der Waals surface area contributed by atoms with Gasteiger partial charge in [0.25, 0.3) is 0 Å². The molecule has 0 saturated heterocycles. The van der Waals surface area contributed by atoms with Crippen molar-refractivity contribution in [2.75, 3.05) is 0 Å². The summed E-state index contributed by atoms with van der Waals surface area (Å²) in [6.07, 6.45) is 5.49. The van der Waals surface area contributed by atoms with E-state index >= 15 is 0 Å². The SMILES string of the molecule is CC.Cc1cnc2ncccn12. The van der Waals surface area contributed by atoms with Crippen LogP contribution in [0.4, 0.5) is 0 Å². The van der Waals surface area contributed by atoms with Gasteiger partial charge in [-0.1, -0.05) is 13.8 Å². The lowest BCUT2D eigenvalue weighted by molar-refractivity contribution is 1.06. The topological polar surface area (TPSA) is 30.2 Å². The lowest BCUT2D eigenvalue weighted by Crippen LogP contribution is -1.87. The molecule has 0 bridgehead atoms. The molecule has 3 nitrogen and oxygen atoms in total. The Bertz CT molecular complexity index is 351. The maximum absolute atomic E-state index is 4.07. The molecule has 0 amide bonds. The van der Waals surface area contributed by atoms with E-state index in [1.54, 1.807) is 6.20 Å². The summed E-state index contributed by atoms with van der Waals surface area (Å²) in [5, 5.41) is 0. The first-order chi connectivity index (χ1) is 5.88. The van der Waals surface area contributed by atoms with Crippen LogP contribution in [0, 0.1) is 6.92 Å². The van der Waals surface area contributed by atoms with Crippen molar-refractivity contribution in [2.24, 2.45) is 0 Å². The monoisotopic (exact) mass is 163 g/mol. The lowest BCUT2D eigenvalue weighted by atomic mass is 10.5. The van der Waals surface area contributed by atoms with E-state index in [4.69, 9.17) is 0 Å². The summed E-state index contributed by atoms with van der Waals surface area (Å²) in [5.74, 6) is 0.764. The third-order valence-corrected chi connectivity index (χ3v) is 1.47. The Kier molecular flexibility index (Phi) is 2.80. The summed E-state index contributed by atoms with van der Waals surface area (Å²) in [5.41, 5.74) is 1.11. The molecule has 0 atom stereocenters. The van der Waals surface area contributed by atoms with Gasteiger partial charge < -0.3 is 0 Å². The molecule has 2 heterocycles. The summed E-state index contributed by atoms with van der Waals surface area (Å²) in [6, 6.07) is 1.89. The Morgan fingerprint density at radius 2 is 2.00 bits per heavy atom. The smallest absolute Gasteiger partial charge is 0.233 e. The summed E-state index contributed by atoms with van der Waals surface area (Å²) in [6.45, 7) is 6.00. The van der Waals surface area contributed by atoms with Gasteiger partial charge in [-0.25, -0.2) is 9.97 Å². The van der Waals surface area contributed by atoms with E-state index in [1.807, 2.05) is 43.6 Å². The standard InChI is InChI=1S/C7H7N3.C2H6/c1-6-5-9-7-8-3-2-4-10(6)7;1-2/h2-5H,1H3;1-2H3. The number of hydrogen-bond acceptors (Lipinski definition) is 2. The average Bonchev–Trinajstić information content (AvgIpc) is 2.53. The second kappa shape index (κ2) is 3.85. The van der Waals surface area contributed by atoms with Crippen LogP contribution in [0.15, 0.2) is 24.7 Å². The van der Waals surface area contributed by atoms with Crippen LogP contribution in [0.5, 0.6) is 0 Å². The van der Waals surface area contributed by atoms with Gasteiger partial charge in [-0.3, -0.25) is 4.40 Å². The van der Waals surface area contributed by atoms with Crippen LogP contribution in [0.25, 0.3) is 5.78 Å². The lowest BCUT2D eigenvalue weighted by Gasteiger charge is -1.90. The number of aryl methyl sites for hydroxylation is 1. The van der Waals surface area contributed by atoms with Crippen molar-refractivity contribution in [1.29, 1.82) is 0 Å². The minimum absolute atomic E-state index is 0.764. The van der Waals surface area contributed by atoms with Crippen molar-refractivity contribution in [3.05, 3.63) is 30.4 Å². The van der Waals surface area contributed by atoms with E-state index in [1.165, 1.54) is 0 Å². The highest BCUT2D eigenvalue weighted by Gasteiger charge is 1.94. The predicted molar refractivity (Wildman–Crippen MR) is 49.1 cm³/mol. The van der Waals surface area contributed by atoms with Gasteiger partial charge >= 0.3 is 0 Å². The molecule has 3 heteroatoms. The van der Waals surface area contributed by atoms with Gasteiger partial charge in [-0.2, -0.15) is 0 Å². The highest BCUT2D eigenvalue weighted by Crippen LogP contribution is 1.99. The zero-order valence-electron chi connectivity index (χ0n) is 7.65. The van der Waals surface area contributed by atoms with Crippen molar-refractivity contribution in [3.63, 3.8) is 0 Å². The van der Waals surface area contributed by atoms with Crippen LogP contribution >= 0.6 is 0 Å². The first-order valence-electron chi connectivity index (χ1n) is 4.12. The normalized spacial score (nSPS) is 9.25. The van der Waals surface area contributed by atoms with Gasteiger partial charge in [0.2, 0.25) is 5.78 Å². The van der Waals surface area contributed by atoms with Gasteiger partial charge in [0.05, 0.1) is 6.20 Å². The first kappa shape index (κ1) is 8.71. The maximum atomic E-state index is 4.07. The Labute approximate surface area is 72.1 Å². The summed E-state index contributed by atoms with van der Waals surface area (Å²) < 4.78 is 1.94. The van der Waals surface area contributed by atoms with Crippen LogP contribution in [-0.2, 0) is 0 Å². The van der Waals surface area contributed by atoms with Crippen molar-refractivity contribution in [1.82, 2.24) is 14.4 Å². The summed E-state index contributed by atoms with van der Waals surface area (Å²) in [4.78, 5) is 8.12. The van der Waals surface area contributed by atoms with Gasteiger partial charge in [-0.05, 0) is 13.0 Å². The minimum Gasteiger partial charge on any atom is -0.288 e. The van der Waals surface area contributed by atoms with Crippen LogP contribution in [0.2, 0.25) is 0 Å². The Balaban J connectivity index is 0.000000336. The quantitative estimate of drug-likeness (QED) is 0.595. The van der Waals surface area contributed by atoms with E-state index in [0.29, 0.717) is 0 Å². The van der Waals surface area contributed by atoms with Gasteiger partial charge in [0.1, 0.15) is 0 Å². The number of rotatable bonds is 0. The number of aromatic nitrogens is 3. The van der Waals surface area contributed by atoms with Crippen LogP contribution in [-0.4, -0.2) is 14.4 Å². The maximum Gasteiger partial charge on any atom is 0.233 e. The molecule has 0 aromatic carbocycles. The average molecular weight is 163 g/mol. The van der Waals surface area contributed by atoms with Crippen molar-refractivity contribution >= 4 is 5.78 Å². The van der Waals surface area contributed by atoms with E-state index in [9.17, 15) is 0 Å². The van der Waals surface area contributed by atoms with Crippen LogP contribution in [0.1, 0.15) is 19.5 Å². The highest BCUT2D eigenvalue weighted by atomic mass is 15.1. The Hall–Kier alpha value is -1.38. The third-order valence-electron chi connectivity index (χ3n) is 1.47. The molecule has 0 aliphatic heterocycles. The molecular weight excluding hydrogens is 150 g/mol. The zero-order valence-corrected chi connectivity index (χ0v) is 7.65. The van der Waals surface area contributed by atoms with Gasteiger partial charge in [0, 0.05) is 18.1 Å². The zero-order chi connectivity index (χ0) is 8.97. The number of nitrogens with zero attached hydrogens (tertiary/aromatic N) is 3. The second-order valence-electron chi connectivity index (χ2n) is 2.19. The molecule has 2 aromatic rings. The fourth-order valence-electron chi connectivity index (χ4n) is 0.947. The van der Waals surface area contributed by atoms with Crippen LogP contribution < -0.4 is 0 Å². The van der Waals surface area contributed by atoms with E-state index in [-0.39, 0.29) is 0 Å². The molecule has 0 fully saturated rings. The Morgan fingerprint density at radius 1 is 1.25 bits per heavy atom. The summed E-state index contributed by atoms with van der Waals surface area (Å²) >= 11 is 0. The Morgan fingerprint density at radius 3 is 2.67 bits per heavy atom. The first-order valence-corrected chi connectivity index (χ1v) is 4.12.